The number of nitrogens with zero attached hydrogens (tertiary/aromatic N) is 2. The van der Waals surface area contributed by atoms with Gasteiger partial charge in [0, 0.05) is 18.0 Å². The summed E-state index contributed by atoms with van der Waals surface area (Å²) in [6.07, 6.45) is 16.9. The lowest BCUT2D eigenvalue weighted by Crippen LogP contribution is -2.24. The molecule has 30 heavy (non-hydrogen) atoms. The molecule has 1 heterocycles. The molecule has 4 heteroatoms. The van der Waals surface area contributed by atoms with Crippen LogP contribution in [-0.2, 0) is 11.2 Å². The number of aromatic nitrogens is 2. The van der Waals surface area contributed by atoms with Crippen LogP contribution in [0.2, 0.25) is 0 Å². The van der Waals surface area contributed by atoms with Crippen molar-refractivity contribution in [3.05, 3.63) is 47.8 Å². The summed E-state index contributed by atoms with van der Waals surface area (Å²) in [7, 11) is 0. The summed E-state index contributed by atoms with van der Waals surface area (Å²) in [5, 5.41) is 0. The maximum Gasteiger partial charge on any atom is 0.338 e. The highest BCUT2D eigenvalue weighted by Crippen LogP contribution is 2.29. The first-order valence-electron chi connectivity index (χ1n) is 11.8. The van der Waals surface area contributed by atoms with Gasteiger partial charge in [0.15, 0.2) is 5.82 Å². The predicted octanol–water partition coefficient (Wildman–Crippen LogP) is 6.78. The van der Waals surface area contributed by atoms with Crippen LogP contribution in [-0.4, -0.2) is 22.0 Å². The third-order valence-electron chi connectivity index (χ3n) is 6.30. The fourth-order valence-corrected chi connectivity index (χ4v) is 4.20. The van der Waals surface area contributed by atoms with Gasteiger partial charge in [-0.2, -0.15) is 0 Å². The Morgan fingerprint density at radius 2 is 1.60 bits per heavy atom. The van der Waals surface area contributed by atoms with E-state index in [1.807, 2.05) is 36.7 Å². The largest absolute Gasteiger partial charge is 0.459 e. The van der Waals surface area contributed by atoms with Gasteiger partial charge < -0.3 is 4.74 Å². The summed E-state index contributed by atoms with van der Waals surface area (Å²) >= 11 is 0. The third-order valence-corrected chi connectivity index (χ3v) is 6.30. The molecule has 1 fully saturated rings. The molecule has 3 rings (SSSR count). The van der Waals surface area contributed by atoms with Gasteiger partial charge in [-0.05, 0) is 62.1 Å². The SMILES string of the molecule is CCCCCCCc1cnc(-c2ccc(C(=O)O[C@H]3CC[C@H](CC)CC3)cc2)nc1. The molecule has 0 saturated heterocycles. The molecule has 4 nitrogen and oxygen atoms in total. The van der Waals surface area contributed by atoms with E-state index in [-0.39, 0.29) is 12.1 Å². The lowest BCUT2D eigenvalue weighted by atomic mass is 9.86. The second-order valence-electron chi connectivity index (χ2n) is 8.61. The molecule has 1 saturated carbocycles. The van der Waals surface area contributed by atoms with Gasteiger partial charge in [-0.3, -0.25) is 0 Å². The van der Waals surface area contributed by atoms with Crippen LogP contribution in [0.15, 0.2) is 36.7 Å². The molecule has 1 aliphatic rings. The second-order valence-corrected chi connectivity index (χ2v) is 8.61. The molecule has 1 aromatic heterocycles. The van der Waals surface area contributed by atoms with Crippen LogP contribution in [0.5, 0.6) is 0 Å². The first-order valence-corrected chi connectivity index (χ1v) is 11.8. The number of esters is 1. The van der Waals surface area contributed by atoms with Gasteiger partial charge >= 0.3 is 5.97 Å². The van der Waals surface area contributed by atoms with Crippen molar-refractivity contribution in [3.63, 3.8) is 0 Å². The van der Waals surface area contributed by atoms with Crippen LogP contribution in [0.3, 0.4) is 0 Å². The number of unbranched alkanes of at least 4 members (excludes halogenated alkanes) is 4. The van der Waals surface area contributed by atoms with Gasteiger partial charge in [0.05, 0.1) is 5.56 Å². The molecule has 0 unspecified atom stereocenters. The van der Waals surface area contributed by atoms with Crippen LogP contribution >= 0.6 is 0 Å². The lowest BCUT2D eigenvalue weighted by Gasteiger charge is -2.27. The monoisotopic (exact) mass is 408 g/mol. The number of carbonyl (C=O) groups is 1. The number of aryl methyl sites for hydroxylation is 1. The minimum atomic E-state index is -0.221. The fraction of sp³-hybridized carbons (Fsp3) is 0.577. The number of hydrogen-bond donors (Lipinski definition) is 0. The highest BCUT2D eigenvalue weighted by Gasteiger charge is 2.23. The van der Waals surface area contributed by atoms with Crippen molar-refractivity contribution in [2.45, 2.75) is 90.6 Å². The molecule has 1 aromatic carbocycles. The second kappa shape index (κ2) is 11.8. The van der Waals surface area contributed by atoms with Gasteiger partial charge in [0.1, 0.15) is 6.10 Å². The van der Waals surface area contributed by atoms with E-state index >= 15 is 0 Å². The summed E-state index contributed by atoms with van der Waals surface area (Å²) < 4.78 is 5.72. The molecule has 0 aliphatic heterocycles. The molecule has 0 amide bonds. The number of hydrogen-bond acceptors (Lipinski definition) is 4. The Labute approximate surface area is 181 Å². The Bertz CT molecular complexity index is 763. The van der Waals surface area contributed by atoms with Gasteiger partial charge in [-0.25, -0.2) is 14.8 Å². The predicted molar refractivity (Wildman–Crippen MR) is 121 cm³/mol. The van der Waals surface area contributed by atoms with Crippen LogP contribution in [0.25, 0.3) is 11.4 Å². The molecular weight excluding hydrogens is 372 g/mol. The molecule has 162 valence electrons. The van der Waals surface area contributed by atoms with E-state index in [1.54, 1.807) is 0 Å². The molecule has 1 aliphatic carbocycles. The number of carbonyl (C=O) groups excluding carboxylic acids is 1. The van der Waals surface area contributed by atoms with E-state index in [0.717, 1.165) is 30.7 Å². The van der Waals surface area contributed by atoms with Crippen molar-refractivity contribution in [1.82, 2.24) is 9.97 Å². The Kier molecular flexibility index (Phi) is 8.85. The smallest absolute Gasteiger partial charge is 0.338 e. The first kappa shape index (κ1) is 22.5. The van der Waals surface area contributed by atoms with E-state index in [2.05, 4.69) is 23.8 Å². The topological polar surface area (TPSA) is 52.1 Å². The van der Waals surface area contributed by atoms with E-state index in [0.29, 0.717) is 11.4 Å². The lowest BCUT2D eigenvalue weighted by molar-refractivity contribution is 0.0164. The highest BCUT2D eigenvalue weighted by atomic mass is 16.5. The zero-order chi connectivity index (χ0) is 21.2. The van der Waals surface area contributed by atoms with Gasteiger partial charge in [-0.15, -0.1) is 0 Å². The normalized spacial score (nSPS) is 18.9. The first-order chi connectivity index (χ1) is 14.7. The highest BCUT2D eigenvalue weighted by molar-refractivity contribution is 5.90. The molecule has 0 spiro atoms. The standard InChI is InChI=1S/C26H36N2O2/c1-3-5-6-7-8-9-21-18-27-25(28-19-21)22-12-14-23(15-13-22)26(29)30-24-16-10-20(4-2)11-17-24/h12-15,18-20,24H,3-11,16-17H2,1-2H3/t20-,24-. The molecular formula is C26H36N2O2. The van der Waals surface area contributed by atoms with Crippen molar-refractivity contribution in [2.75, 3.05) is 0 Å². The van der Waals surface area contributed by atoms with E-state index in [4.69, 9.17) is 4.74 Å². The molecule has 0 bridgehead atoms. The van der Waals surface area contributed by atoms with E-state index < -0.39 is 0 Å². The van der Waals surface area contributed by atoms with Crippen molar-refractivity contribution in [1.29, 1.82) is 0 Å². The Morgan fingerprint density at radius 3 is 2.23 bits per heavy atom. The Morgan fingerprint density at radius 1 is 0.933 bits per heavy atom. The summed E-state index contributed by atoms with van der Waals surface area (Å²) in [5.41, 5.74) is 2.71. The summed E-state index contributed by atoms with van der Waals surface area (Å²) in [6, 6.07) is 7.45. The maximum atomic E-state index is 12.5. The Hall–Kier alpha value is -2.23. The van der Waals surface area contributed by atoms with Crippen molar-refractivity contribution >= 4 is 5.97 Å². The number of rotatable bonds is 10. The van der Waals surface area contributed by atoms with E-state index in [1.165, 1.54) is 56.9 Å². The van der Waals surface area contributed by atoms with Gasteiger partial charge in [-0.1, -0.05) is 58.1 Å². The minimum Gasteiger partial charge on any atom is -0.459 e. The average Bonchev–Trinajstić information content (AvgIpc) is 2.80. The van der Waals surface area contributed by atoms with Crippen molar-refractivity contribution in [2.24, 2.45) is 5.92 Å². The van der Waals surface area contributed by atoms with Gasteiger partial charge in [0.2, 0.25) is 0 Å². The number of ether oxygens (including phenoxy) is 1. The quantitative estimate of drug-likeness (QED) is 0.321. The molecule has 0 N–H and O–H groups in total. The summed E-state index contributed by atoms with van der Waals surface area (Å²) in [6.45, 7) is 4.48. The van der Waals surface area contributed by atoms with Crippen molar-refractivity contribution < 1.29 is 9.53 Å². The van der Waals surface area contributed by atoms with Crippen LogP contribution in [0, 0.1) is 5.92 Å². The molecule has 0 radical (unpaired) electrons. The maximum absolute atomic E-state index is 12.5. The van der Waals surface area contributed by atoms with Crippen molar-refractivity contribution in [3.8, 4) is 11.4 Å². The Balaban J connectivity index is 1.49. The van der Waals surface area contributed by atoms with Crippen LogP contribution in [0.4, 0.5) is 0 Å². The fourth-order valence-electron chi connectivity index (χ4n) is 4.20. The number of benzene rings is 1. The molecule has 0 atom stereocenters. The summed E-state index contributed by atoms with van der Waals surface area (Å²) in [4.78, 5) is 21.5. The average molecular weight is 409 g/mol. The summed E-state index contributed by atoms with van der Waals surface area (Å²) in [5.74, 6) is 1.27. The van der Waals surface area contributed by atoms with E-state index in [9.17, 15) is 4.79 Å². The zero-order valence-corrected chi connectivity index (χ0v) is 18.6. The van der Waals surface area contributed by atoms with Gasteiger partial charge in [0.25, 0.3) is 0 Å². The third kappa shape index (κ3) is 6.65. The van der Waals surface area contributed by atoms with Crippen LogP contribution < -0.4 is 0 Å². The molecule has 2 aromatic rings. The zero-order valence-electron chi connectivity index (χ0n) is 18.6. The minimum absolute atomic E-state index is 0.0674. The van der Waals surface area contributed by atoms with Crippen LogP contribution in [0.1, 0.15) is 94.0 Å².